The molecule has 3 aliphatic heterocycles. The van der Waals surface area contributed by atoms with Gasteiger partial charge in [0, 0.05) is 37.8 Å². The number of anilines is 1. The van der Waals surface area contributed by atoms with Gasteiger partial charge in [0.25, 0.3) is 0 Å². The highest BCUT2D eigenvalue weighted by Crippen LogP contribution is 2.36. The smallest absolute Gasteiger partial charge is 0.228 e. The van der Waals surface area contributed by atoms with Gasteiger partial charge >= 0.3 is 0 Å². The minimum Gasteiger partial charge on any atom is -0.486 e. The van der Waals surface area contributed by atoms with Crippen molar-refractivity contribution in [1.29, 1.82) is 0 Å². The van der Waals surface area contributed by atoms with Gasteiger partial charge in [0.05, 0.1) is 5.92 Å². The second-order valence-corrected chi connectivity index (χ2v) is 7.92. The first kappa shape index (κ1) is 17.2. The number of fused-ring (bicyclic) bond motifs is 1. The summed E-state index contributed by atoms with van der Waals surface area (Å²) in [4.78, 5) is 29.2. The van der Waals surface area contributed by atoms with E-state index in [1.165, 1.54) is 0 Å². The highest BCUT2D eigenvalue weighted by atomic mass is 16.6. The van der Waals surface area contributed by atoms with Gasteiger partial charge in [0.15, 0.2) is 11.5 Å². The van der Waals surface area contributed by atoms with Crippen molar-refractivity contribution in [3.63, 3.8) is 0 Å². The number of amides is 2. The summed E-state index contributed by atoms with van der Waals surface area (Å²) >= 11 is 0. The van der Waals surface area contributed by atoms with E-state index >= 15 is 0 Å². The highest BCUT2D eigenvalue weighted by molar-refractivity contribution is 6.00. The normalized spacial score (nSPS) is 28.4. The monoisotopic (exact) mass is 358 g/mol. The Kier molecular flexibility index (Phi) is 4.51. The van der Waals surface area contributed by atoms with Crippen molar-refractivity contribution in [3.05, 3.63) is 18.2 Å². The van der Waals surface area contributed by atoms with Crippen molar-refractivity contribution in [3.8, 4) is 11.5 Å². The van der Waals surface area contributed by atoms with Crippen molar-refractivity contribution >= 4 is 17.5 Å². The number of hydrogen-bond donors (Lipinski definition) is 0. The van der Waals surface area contributed by atoms with Crippen LogP contribution in [0.2, 0.25) is 0 Å². The van der Waals surface area contributed by atoms with E-state index in [0.717, 1.165) is 25.2 Å². The topological polar surface area (TPSA) is 59.1 Å². The molecule has 26 heavy (non-hydrogen) atoms. The molecule has 140 valence electrons. The number of ether oxygens (including phenoxy) is 2. The molecule has 3 atom stereocenters. The van der Waals surface area contributed by atoms with E-state index < -0.39 is 0 Å². The summed E-state index contributed by atoms with van der Waals surface area (Å²) in [5.41, 5.74) is 0.773. The lowest BCUT2D eigenvalue weighted by molar-refractivity contribution is -0.138. The minimum atomic E-state index is -0.256. The molecule has 0 N–H and O–H groups in total. The number of benzene rings is 1. The zero-order valence-electron chi connectivity index (χ0n) is 15.4. The lowest BCUT2D eigenvalue weighted by Crippen LogP contribution is -2.45. The van der Waals surface area contributed by atoms with Gasteiger partial charge in [-0.15, -0.1) is 0 Å². The zero-order valence-corrected chi connectivity index (χ0v) is 15.4. The molecule has 0 saturated carbocycles. The summed E-state index contributed by atoms with van der Waals surface area (Å²) < 4.78 is 11.2. The maximum absolute atomic E-state index is 12.9. The van der Waals surface area contributed by atoms with Crippen LogP contribution in [0, 0.1) is 17.8 Å². The van der Waals surface area contributed by atoms with Gasteiger partial charge in [-0.1, -0.05) is 13.8 Å². The maximum atomic E-state index is 12.9. The second-order valence-electron chi connectivity index (χ2n) is 7.92. The summed E-state index contributed by atoms with van der Waals surface area (Å²) in [7, 11) is 0. The number of hydrogen-bond acceptors (Lipinski definition) is 4. The summed E-state index contributed by atoms with van der Waals surface area (Å²) in [5, 5.41) is 0. The number of likely N-dealkylation sites (tertiary alicyclic amines) is 1. The van der Waals surface area contributed by atoms with Crippen molar-refractivity contribution in [2.75, 3.05) is 37.7 Å². The van der Waals surface area contributed by atoms with Gasteiger partial charge in [-0.2, -0.15) is 0 Å². The number of piperidine rings is 1. The molecule has 0 unspecified atom stereocenters. The average Bonchev–Trinajstić information content (AvgIpc) is 3.01. The molecule has 1 aromatic rings. The third-order valence-corrected chi connectivity index (χ3v) is 5.49. The van der Waals surface area contributed by atoms with Crippen LogP contribution in [0.15, 0.2) is 18.2 Å². The van der Waals surface area contributed by atoms with Crippen LogP contribution in [0.1, 0.15) is 26.7 Å². The molecule has 2 saturated heterocycles. The molecule has 0 radical (unpaired) electrons. The van der Waals surface area contributed by atoms with Crippen LogP contribution in [-0.4, -0.2) is 49.6 Å². The molecule has 6 nitrogen and oxygen atoms in total. The van der Waals surface area contributed by atoms with E-state index in [-0.39, 0.29) is 24.2 Å². The molecule has 0 spiro atoms. The fraction of sp³-hybridized carbons (Fsp3) is 0.600. The molecule has 0 aliphatic carbocycles. The largest absolute Gasteiger partial charge is 0.486 e. The molecule has 0 aromatic heterocycles. The van der Waals surface area contributed by atoms with Gasteiger partial charge < -0.3 is 19.3 Å². The van der Waals surface area contributed by atoms with E-state index in [0.29, 0.717) is 43.1 Å². The van der Waals surface area contributed by atoms with Crippen LogP contribution in [0.4, 0.5) is 5.69 Å². The number of carbonyl (C=O) groups is 2. The fourth-order valence-electron chi connectivity index (χ4n) is 4.42. The van der Waals surface area contributed by atoms with E-state index in [1.54, 1.807) is 4.90 Å². The van der Waals surface area contributed by atoms with Crippen molar-refractivity contribution < 1.29 is 19.1 Å². The Balaban J connectivity index is 1.47. The Morgan fingerprint density at radius 1 is 1.04 bits per heavy atom. The van der Waals surface area contributed by atoms with E-state index in [9.17, 15) is 9.59 Å². The van der Waals surface area contributed by atoms with E-state index in [2.05, 4.69) is 13.8 Å². The van der Waals surface area contributed by atoms with Crippen LogP contribution in [0.25, 0.3) is 0 Å². The van der Waals surface area contributed by atoms with Crippen LogP contribution in [-0.2, 0) is 9.59 Å². The molecule has 1 aromatic carbocycles. The first-order chi connectivity index (χ1) is 12.5. The molecule has 2 fully saturated rings. The molecular formula is C20H26N2O4. The summed E-state index contributed by atoms with van der Waals surface area (Å²) in [6.07, 6.45) is 1.45. The number of carbonyl (C=O) groups excluding carboxylic acids is 2. The average molecular weight is 358 g/mol. The van der Waals surface area contributed by atoms with Crippen LogP contribution < -0.4 is 14.4 Å². The first-order valence-electron chi connectivity index (χ1n) is 9.50. The molecule has 6 heteroatoms. The predicted molar refractivity (Wildman–Crippen MR) is 97.4 cm³/mol. The quantitative estimate of drug-likeness (QED) is 0.814. The summed E-state index contributed by atoms with van der Waals surface area (Å²) in [6.45, 7) is 7.48. The van der Waals surface area contributed by atoms with Crippen molar-refractivity contribution in [2.24, 2.45) is 17.8 Å². The van der Waals surface area contributed by atoms with Gasteiger partial charge in [0.2, 0.25) is 11.8 Å². The third-order valence-electron chi connectivity index (χ3n) is 5.49. The molecule has 0 bridgehead atoms. The van der Waals surface area contributed by atoms with Crippen molar-refractivity contribution in [2.45, 2.75) is 26.7 Å². The highest BCUT2D eigenvalue weighted by Gasteiger charge is 2.39. The van der Waals surface area contributed by atoms with E-state index in [1.807, 2.05) is 23.1 Å². The number of rotatable bonds is 2. The lowest BCUT2D eigenvalue weighted by Gasteiger charge is -2.36. The first-order valence-corrected chi connectivity index (χ1v) is 9.50. The summed E-state index contributed by atoms with van der Waals surface area (Å²) in [5.74, 6) is 2.27. The Labute approximate surface area is 154 Å². The zero-order chi connectivity index (χ0) is 18.3. The van der Waals surface area contributed by atoms with Crippen LogP contribution >= 0.6 is 0 Å². The van der Waals surface area contributed by atoms with Gasteiger partial charge in [-0.3, -0.25) is 9.59 Å². The Morgan fingerprint density at radius 2 is 1.73 bits per heavy atom. The predicted octanol–water partition coefficient (Wildman–Crippen LogP) is 2.32. The van der Waals surface area contributed by atoms with Crippen molar-refractivity contribution in [1.82, 2.24) is 4.90 Å². The molecule has 3 aliphatic rings. The minimum absolute atomic E-state index is 0.00173. The SMILES string of the molecule is C[C@H]1C[C@H](C)CN(C(=O)[C@@H]2CC(=O)N(c3ccc4c(c3)OCCO4)C2)C1. The fourth-order valence-corrected chi connectivity index (χ4v) is 4.42. The molecule has 3 heterocycles. The van der Waals surface area contributed by atoms with Crippen LogP contribution in [0.3, 0.4) is 0 Å². The van der Waals surface area contributed by atoms with E-state index in [4.69, 9.17) is 9.47 Å². The summed E-state index contributed by atoms with van der Waals surface area (Å²) in [6, 6.07) is 5.54. The number of nitrogens with zero attached hydrogens (tertiary/aromatic N) is 2. The Bertz CT molecular complexity index is 710. The molecule has 4 rings (SSSR count). The maximum Gasteiger partial charge on any atom is 0.228 e. The van der Waals surface area contributed by atoms with Gasteiger partial charge in [-0.25, -0.2) is 0 Å². The Hall–Kier alpha value is -2.24. The standard InChI is InChI=1S/C20H26N2O4/c1-13-7-14(2)11-21(10-13)20(24)15-8-19(23)22(12-15)16-3-4-17-18(9-16)26-6-5-25-17/h3-4,9,13-15H,5-8,10-12H2,1-2H3/t13-,14-,15+/m0/s1. The lowest BCUT2D eigenvalue weighted by atomic mass is 9.91. The van der Waals surface area contributed by atoms with Gasteiger partial charge in [-0.05, 0) is 30.4 Å². The van der Waals surface area contributed by atoms with Crippen LogP contribution in [0.5, 0.6) is 11.5 Å². The molecule has 2 amide bonds. The molecular weight excluding hydrogens is 332 g/mol. The second kappa shape index (κ2) is 6.82. The van der Waals surface area contributed by atoms with Gasteiger partial charge in [0.1, 0.15) is 13.2 Å². The third kappa shape index (κ3) is 3.24. The Morgan fingerprint density at radius 3 is 2.46 bits per heavy atom.